The maximum absolute atomic E-state index is 13.0. The first-order valence-electron chi connectivity index (χ1n) is 10.3. The van der Waals surface area contributed by atoms with Crippen LogP contribution in [0.25, 0.3) is 11.5 Å². The van der Waals surface area contributed by atoms with E-state index in [2.05, 4.69) is 20.7 Å². The van der Waals surface area contributed by atoms with E-state index in [1.54, 1.807) is 18.4 Å². The second kappa shape index (κ2) is 9.47. The number of amides is 2. The van der Waals surface area contributed by atoms with E-state index in [1.165, 1.54) is 12.1 Å². The highest BCUT2D eigenvalue weighted by molar-refractivity contribution is 5.89. The summed E-state index contributed by atoms with van der Waals surface area (Å²) in [6.45, 7) is 5.02. The lowest BCUT2D eigenvalue weighted by Gasteiger charge is -2.09. The molecule has 2 amide bonds. The van der Waals surface area contributed by atoms with Crippen molar-refractivity contribution in [2.75, 3.05) is 11.9 Å². The van der Waals surface area contributed by atoms with Crippen LogP contribution in [0.2, 0.25) is 0 Å². The number of nitrogens with one attached hydrogen (secondary N) is 2. The molecule has 0 bridgehead atoms. The van der Waals surface area contributed by atoms with Gasteiger partial charge >= 0.3 is 6.03 Å². The molecular weight excluding hydrogens is 409 g/mol. The number of oxazole rings is 1. The standard InChI is InChI=1S/C24H24FN5O2/c1-16-12-17(2)30(29-16)14-18-4-3-5-21(13-18)28-24(31)26-11-10-22-15-32-23(27-22)19-6-8-20(25)9-7-19/h3-9,12-13,15H,10-11,14H2,1-2H3,(H2,26,28,31). The predicted molar refractivity (Wildman–Crippen MR) is 120 cm³/mol. The van der Waals surface area contributed by atoms with Crippen LogP contribution in [-0.2, 0) is 13.0 Å². The van der Waals surface area contributed by atoms with Gasteiger partial charge in [0.05, 0.1) is 17.9 Å². The molecule has 0 fully saturated rings. The number of hydrogen-bond acceptors (Lipinski definition) is 4. The van der Waals surface area contributed by atoms with Crippen molar-refractivity contribution in [3.63, 3.8) is 0 Å². The van der Waals surface area contributed by atoms with Crippen LogP contribution in [-0.4, -0.2) is 27.3 Å². The Morgan fingerprint density at radius 1 is 1.12 bits per heavy atom. The Morgan fingerprint density at radius 2 is 1.94 bits per heavy atom. The third-order valence-electron chi connectivity index (χ3n) is 4.93. The third-order valence-corrected chi connectivity index (χ3v) is 4.93. The van der Waals surface area contributed by atoms with Crippen molar-refractivity contribution in [2.45, 2.75) is 26.8 Å². The summed E-state index contributed by atoms with van der Waals surface area (Å²) in [7, 11) is 0. The first kappa shape index (κ1) is 21.3. The molecule has 2 N–H and O–H groups in total. The van der Waals surface area contributed by atoms with E-state index in [4.69, 9.17) is 4.42 Å². The molecule has 7 nitrogen and oxygen atoms in total. The molecule has 0 spiro atoms. The Kier molecular flexibility index (Phi) is 6.30. The van der Waals surface area contributed by atoms with Crippen LogP contribution in [0.5, 0.6) is 0 Å². The topological polar surface area (TPSA) is 85.0 Å². The Balaban J connectivity index is 1.27. The molecule has 4 aromatic rings. The highest BCUT2D eigenvalue weighted by Gasteiger charge is 2.09. The number of hydrogen-bond donors (Lipinski definition) is 2. The van der Waals surface area contributed by atoms with Crippen LogP contribution in [0.3, 0.4) is 0 Å². The van der Waals surface area contributed by atoms with Gasteiger partial charge in [-0.2, -0.15) is 5.10 Å². The third kappa shape index (κ3) is 5.40. The van der Waals surface area contributed by atoms with Gasteiger partial charge in [0, 0.05) is 29.9 Å². The molecule has 0 aliphatic carbocycles. The van der Waals surface area contributed by atoms with Crippen LogP contribution in [0, 0.1) is 19.7 Å². The minimum Gasteiger partial charge on any atom is -0.444 e. The molecule has 164 valence electrons. The van der Waals surface area contributed by atoms with E-state index in [1.807, 2.05) is 48.9 Å². The lowest BCUT2D eigenvalue weighted by atomic mass is 10.2. The fourth-order valence-corrected chi connectivity index (χ4v) is 3.38. The lowest BCUT2D eigenvalue weighted by Crippen LogP contribution is -2.30. The van der Waals surface area contributed by atoms with Gasteiger partial charge in [-0.3, -0.25) is 4.68 Å². The van der Waals surface area contributed by atoms with Crippen LogP contribution < -0.4 is 10.6 Å². The lowest BCUT2D eigenvalue weighted by molar-refractivity contribution is 0.252. The summed E-state index contributed by atoms with van der Waals surface area (Å²) in [6, 6.07) is 15.4. The summed E-state index contributed by atoms with van der Waals surface area (Å²) in [5.41, 5.74) is 5.23. The van der Waals surface area contributed by atoms with Crippen molar-refractivity contribution in [2.24, 2.45) is 0 Å². The molecule has 0 unspecified atom stereocenters. The van der Waals surface area contributed by atoms with Crippen molar-refractivity contribution in [1.82, 2.24) is 20.1 Å². The normalized spacial score (nSPS) is 10.8. The average Bonchev–Trinajstić information content (AvgIpc) is 3.35. The Morgan fingerprint density at radius 3 is 2.69 bits per heavy atom. The smallest absolute Gasteiger partial charge is 0.319 e. The van der Waals surface area contributed by atoms with Gasteiger partial charge in [0.2, 0.25) is 5.89 Å². The highest BCUT2D eigenvalue weighted by Crippen LogP contribution is 2.19. The second-order valence-electron chi connectivity index (χ2n) is 7.57. The van der Waals surface area contributed by atoms with Gasteiger partial charge in [0.15, 0.2) is 0 Å². The van der Waals surface area contributed by atoms with Crippen molar-refractivity contribution in [3.8, 4) is 11.5 Å². The second-order valence-corrected chi connectivity index (χ2v) is 7.57. The number of anilines is 1. The molecule has 0 radical (unpaired) electrons. The molecule has 2 heterocycles. The molecule has 0 atom stereocenters. The highest BCUT2D eigenvalue weighted by atomic mass is 19.1. The molecule has 0 aliphatic heterocycles. The number of urea groups is 1. The van der Waals surface area contributed by atoms with Gasteiger partial charge in [-0.05, 0) is 61.9 Å². The van der Waals surface area contributed by atoms with Gasteiger partial charge in [-0.1, -0.05) is 12.1 Å². The molecular formula is C24H24FN5O2. The Hall–Kier alpha value is -3.94. The van der Waals surface area contributed by atoms with E-state index >= 15 is 0 Å². The first-order chi connectivity index (χ1) is 15.5. The van der Waals surface area contributed by atoms with E-state index in [9.17, 15) is 9.18 Å². The molecule has 32 heavy (non-hydrogen) atoms. The maximum atomic E-state index is 13.0. The monoisotopic (exact) mass is 433 g/mol. The van der Waals surface area contributed by atoms with Gasteiger partial charge < -0.3 is 15.1 Å². The van der Waals surface area contributed by atoms with Gasteiger partial charge in [0.25, 0.3) is 0 Å². The fraction of sp³-hybridized carbons (Fsp3) is 0.208. The number of carbonyl (C=O) groups excluding carboxylic acids is 1. The first-order valence-corrected chi connectivity index (χ1v) is 10.3. The zero-order valence-electron chi connectivity index (χ0n) is 17.9. The molecule has 0 aliphatic rings. The number of aromatic nitrogens is 3. The van der Waals surface area contributed by atoms with Crippen LogP contribution in [0.4, 0.5) is 14.9 Å². The summed E-state index contributed by atoms with van der Waals surface area (Å²) < 4.78 is 20.4. The Bertz CT molecular complexity index is 1210. The number of carbonyl (C=O) groups is 1. The SMILES string of the molecule is Cc1cc(C)n(Cc2cccc(NC(=O)NCCc3coc(-c4ccc(F)cc4)n3)c2)n1. The van der Waals surface area contributed by atoms with Crippen molar-refractivity contribution in [3.05, 3.63) is 89.3 Å². The molecule has 0 saturated heterocycles. The Labute approximate surface area is 185 Å². The maximum Gasteiger partial charge on any atom is 0.319 e. The summed E-state index contributed by atoms with van der Waals surface area (Å²) in [5.74, 6) is 0.108. The summed E-state index contributed by atoms with van der Waals surface area (Å²) >= 11 is 0. The summed E-state index contributed by atoms with van der Waals surface area (Å²) in [4.78, 5) is 16.7. The average molecular weight is 433 g/mol. The molecule has 2 aromatic heterocycles. The van der Waals surface area contributed by atoms with Crippen LogP contribution in [0.1, 0.15) is 22.6 Å². The number of halogens is 1. The minimum absolute atomic E-state index is 0.296. The van der Waals surface area contributed by atoms with E-state index in [0.29, 0.717) is 42.3 Å². The minimum atomic E-state index is -0.312. The van der Waals surface area contributed by atoms with E-state index in [-0.39, 0.29) is 11.8 Å². The number of rotatable bonds is 7. The van der Waals surface area contributed by atoms with Crippen molar-refractivity contribution in [1.29, 1.82) is 0 Å². The fourth-order valence-electron chi connectivity index (χ4n) is 3.38. The van der Waals surface area contributed by atoms with Crippen molar-refractivity contribution >= 4 is 11.7 Å². The largest absolute Gasteiger partial charge is 0.444 e. The quantitative estimate of drug-likeness (QED) is 0.442. The summed E-state index contributed by atoms with van der Waals surface area (Å²) in [6.07, 6.45) is 2.05. The van der Waals surface area contributed by atoms with Crippen molar-refractivity contribution < 1.29 is 13.6 Å². The molecule has 2 aromatic carbocycles. The van der Waals surface area contributed by atoms with E-state index < -0.39 is 0 Å². The number of nitrogens with zero attached hydrogens (tertiary/aromatic N) is 3. The number of aryl methyl sites for hydroxylation is 2. The zero-order chi connectivity index (χ0) is 22.5. The molecule has 4 rings (SSSR count). The van der Waals surface area contributed by atoms with Gasteiger partial charge in [-0.15, -0.1) is 0 Å². The summed E-state index contributed by atoms with van der Waals surface area (Å²) in [5, 5.41) is 10.1. The number of benzene rings is 2. The van der Waals surface area contributed by atoms with Crippen LogP contribution >= 0.6 is 0 Å². The molecule has 0 saturated carbocycles. The van der Waals surface area contributed by atoms with Gasteiger partial charge in [-0.25, -0.2) is 14.2 Å². The molecule has 8 heteroatoms. The van der Waals surface area contributed by atoms with E-state index in [0.717, 1.165) is 17.0 Å². The predicted octanol–water partition coefficient (Wildman–Crippen LogP) is 4.71. The van der Waals surface area contributed by atoms with Gasteiger partial charge in [0.1, 0.15) is 12.1 Å². The van der Waals surface area contributed by atoms with Crippen LogP contribution in [0.15, 0.2) is 65.3 Å². The zero-order valence-corrected chi connectivity index (χ0v) is 17.9.